The van der Waals surface area contributed by atoms with Crippen LogP contribution in [0.15, 0.2) is 46.9 Å². The van der Waals surface area contributed by atoms with Crippen molar-refractivity contribution in [2.24, 2.45) is 0 Å². The average molecular weight is 423 g/mol. The average Bonchev–Trinajstić information content (AvgIpc) is 2.58. The zero-order valence-corrected chi connectivity index (χ0v) is 16.4. The van der Waals surface area contributed by atoms with Crippen LogP contribution in [-0.2, 0) is 0 Å². The number of nitrogens with one attached hydrogen (secondary N) is 2. The van der Waals surface area contributed by atoms with Crippen molar-refractivity contribution in [2.45, 2.75) is 13.8 Å². The summed E-state index contributed by atoms with van der Waals surface area (Å²) in [5.74, 6) is 0.943. The molecule has 1 amide bonds. The van der Waals surface area contributed by atoms with Crippen LogP contribution in [0, 0.1) is 0 Å². The highest BCUT2D eigenvalue weighted by atomic mass is 79.9. The number of amides is 1. The van der Waals surface area contributed by atoms with E-state index in [2.05, 4.69) is 26.6 Å². The number of anilines is 1. The second-order valence-corrected chi connectivity index (χ2v) is 6.26. The zero-order chi connectivity index (χ0) is 18.2. The van der Waals surface area contributed by atoms with Crippen molar-refractivity contribution in [1.82, 2.24) is 5.32 Å². The highest BCUT2D eigenvalue weighted by Crippen LogP contribution is 2.23. The summed E-state index contributed by atoms with van der Waals surface area (Å²) < 4.78 is 11.7. The number of rotatable bonds is 6. The van der Waals surface area contributed by atoms with Gasteiger partial charge in [-0.05, 0) is 68.5 Å². The molecule has 0 saturated carbocycles. The van der Waals surface area contributed by atoms with E-state index >= 15 is 0 Å². The maximum absolute atomic E-state index is 12.5. The van der Waals surface area contributed by atoms with E-state index in [-0.39, 0.29) is 11.0 Å². The Kier molecular flexibility index (Phi) is 7.21. The number of carbonyl (C=O) groups excluding carboxylic acids is 1. The van der Waals surface area contributed by atoms with Gasteiger partial charge in [0.2, 0.25) is 0 Å². The first-order valence-electron chi connectivity index (χ1n) is 7.81. The molecule has 2 aromatic rings. The molecule has 0 bridgehead atoms. The van der Waals surface area contributed by atoms with Gasteiger partial charge in [-0.15, -0.1) is 0 Å². The topological polar surface area (TPSA) is 59.6 Å². The van der Waals surface area contributed by atoms with E-state index in [1.54, 1.807) is 12.1 Å². The number of hydrogen-bond acceptors (Lipinski definition) is 4. The van der Waals surface area contributed by atoms with Gasteiger partial charge in [0.05, 0.1) is 18.8 Å². The molecule has 25 heavy (non-hydrogen) atoms. The molecule has 0 atom stereocenters. The Morgan fingerprint density at radius 1 is 1.08 bits per heavy atom. The van der Waals surface area contributed by atoms with Crippen LogP contribution in [0.5, 0.6) is 11.5 Å². The molecule has 0 unspecified atom stereocenters. The summed E-state index contributed by atoms with van der Waals surface area (Å²) >= 11 is 8.57. The van der Waals surface area contributed by atoms with Crippen molar-refractivity contribution >= 4 is 44.9 Å². The molecule has 0 heterocycles. The van der Waals surface area contributed by atoms with E-state index in [1.807, 2.05) is 44.2 Å². The molecule has 2 aromatic carbocycles. The molecule has 7 heteroatoms. The van der Waals surface area contributed by atoms with Crippen molar-refractivity contribution in [3.8, 4) is 11.5 Å². The summed E-state index contributed by atoms with van der Waals surface area (Å²) in [6.07, 6.45) is 0. The van der Waals surface area contributed by atoms with E-state index in [1.165, 1.54) is 0 Å². The standard InChI is InChI=1S/C18H19BrN2O3S/c1-3-23-14-8-6-13(7-9-14)20-18(25)21-17(22)15-11-12(19)5-10-16(15)24-4-2/h5-11H,3-4H2,1-2H3,(H2,20,21,22,25). The van der Waals surface area contributed by atoms with Gasteiger partial charge in [0.15, 0.2) is 5.11 Å². The van der Waals surface area contributed by atoms with Crippen LogP contribution in [0.1, 0.15) is 24.2 Å². The first kappa shape index (κ1) is 19.2. The molecule has 0 aromatic heterocycles. The molecule has 2 rings (SSSR count). The first-order chi connectivity index (χ1) is 12.0. The van der Waals surface area contributed by atoms with E-state index in [0.29, 0.717) is 24.5 Å². The second kappa shape index (κ2) is 9.39. The molecule has 0 aliphatic heterocycles. The fourth-order valence-electron chi connectivity index (χ4n) is 2.09. The number of ether oxygens (including phenoxy) is 2. The van der Waals surface area contributed by atoms with Crippen LogP contribution in [0.4, 0.5) is 5.69 Å². The lowest BCUT2D eigenvalue weighted by Crippen LogP contribution is -2.34. The van der Waals surface area contributed by atoms with E-state index in [0.717, 1.165) is 15.9 Å². The van der Waals surface area contributed by atoms with Gasteiger partial charge in [-0.25, -0.2) is 0 Å². The molecular formula is C18H19BrN2O3S. The van der Waals surface area contributed by atoms with Crippen LogP contribution in [-0.4, -0.2) is 24.2 Å². The predicted octanol–water partition coefficient (Wildman–Crippen LogP) is 4.37. The third-order valence-corrected chi connectivity index (χ3v) is 3.83. The number of carbonyl (C=O) groups is 1. The van der Waals surface area contributed by atoms with Crippen LogP contribution in [0.2, 0.25) is 0 Å². The fraction of sp³-hybridized carbons (Fsp3) is 0.222. The summed E-state index contributed by atoms with van der Waals surface area (Å²) in [6, 6.07) is 12.6. The molecule has 0 saturated heterocycles. The van der Waals surface area contributed by atoms with Crippen molar-refractivity contribution < 1.29 is 14.3 Å². The van der Waals surface area contributed by atoms with Crippen molar-refractivity contribution in [1.29, 1.82) is 0 Å². The smallest absolute Gasteiger partial charge is 0.261 e. The Balaban J connectivity index is 2.02. The normalized spacial score (nSPS) is 10.0. The fourth-order valence-corrected chi connectivity index (χ4v) is 2.67. The summed E-state index contributed by atoms with van der Waals surface area (Å²) in [7, 11) is 0. The zero-order valence-electron chi connectivity index (χ0n) is 14.0. The molecule has 0 radical (unpaired) electrons. The summed E-state index contributed by atoms with van der Waals surface area (Å²) in [4.78, 5) is 12.5. The predicted molar refractivity (Wildman–Crippen MR) is 107 cm³/mol. The number of hydrogen-bond donors (Lipinski definition) is 2. The lowest BCUT2D eigenvalue weighted by atomic mass is 10.2. The number of thiocarbonyl (C=S) groups is 1. The Hall–Kier alpha value is -2.12. The van der Waals surface area contributed by atoms with Crippen LogP contribution in [0.25, 0.3) is 0 Å². The van der Waals surface area contributed by atoms with Gasteiger partial charge in [-0.2, -0.15) is 0 Å². The van der Waals surface area contributed by atoms with Crippen molar-refractivity contribution in [3.05, 3.63) is 52.5 Å². The lowest BCUT2D eigenvalue weighted by Gasteiger charge is -2.13. The molecule has 0 aliphatic rings. The SMILES string of the molecule is CCOc1ccc(NC(=S)NC(=O)c2cc(Br)ccc2OCC)cc1. The summed E-state index contributed by atoms with van der Waals surface area (Å²) in [5.41, 5.74) is 1.17. The molecule has 132 valence electrons. The maximum atomic E-state index is 12.5. The van der Waals surface area contributed by atoms with Crippen molar-refractivity contribution in [2.75, 3.05) is 18.5 Å². The maximum Gasteiger partial charge on any atom is 0.261 e. The third kappa shape index (κ3) is 5.72. The minimum Gasteiger partial charge on any atom is -0.494 e. The molecule has 0 fully saturated rings. The number of benzene rings is 2. The Morgan fingerprint density at radius 3 is 2.40 bits per heavy atom. The van der Waals surface area contributed by atoms with Crippen molar-refractivity contribution in [3.63, 3.8) is 0 Å². The number of halogens is 1. The van der Waals surface area contributed by atoms with Crippen LogP contribution >= 0.6 is 28.1 Å². The van der Waals surface area contributed by atoms with Gasteiger partial charge in [-0.3, -0.25) is 10.1 Å². The quantitative estimate of drug-likeness (QED) is 0.676. The highest BCUT2D eigenvalue weighted by Gasteiger charge is 2.14. The summed E-state index contributed by atoms with van der Waals surface area (Å²) in [5, 5.41) is 5.83. The Bertz CT molecular complexity index is 750. The van der Waals surface area contributed by atoms with Gasteiger partial charge < -0.3 is 14.8 Å². The van der Waals surface area contributed by atoms with Crippen LogP contribution in [0.3, 0.4) is 0 Å². The van der Waals surface area contributed by atoms with Gasteiger partial charge in [0, 0.05) is 10.2 Å². The summed E-state index contributed by atoms with van der Waals surface area (Å²) in [6.45, 7) is 4.87. The van der Waals surface area contributed by atoms with Gasteiger partial charge in [-0.1, -0.05) is 15.9 Å². The monoisotopic (exact) mass is 422 g/mol. The second-order valence-electron chi connectivity index (χ2n) is 4.94. The lowest BCUT2D eigenvalue weighted by molar-refractivity contribution is 0.0974. The minimum absolute atomic E-state index is 0.205. The minimum atomic E-state index is -0.340. The third-order valence-electron chi connectivity index (χ3n) is 3.14. The molecule has 5 nitrogen and oxygen atoms in total. The van der Waals surface area contributed by atoms with Gasteiger partial charge >= 0.3 is 0 Å². The van der Waals surface area contributed by atoms with Gasteiger partial charge in [0.1, 0.15) is 11.5 Å². The Labute approximate surface area is 160 Å². The van der Waals surface area contributed by atoms with Gasteiger partial charge in [0.25, 0.3) is 5.91 Å². The molecule has 0 aliphatic carbocycles. The highest BCUT2D eigenvalue weighted by molar-refractivity contribution is 9.10. The molecule has 0 spiro atoms. The Morgan fingerprint density at radius 2 is 1.76 bits per heavy atom. The largest absolute Gasteiger partial charge is 0.494 e. The molecule has 2 N–H and O–H groups in total. The van der Waals surface area contributed by atoms with E-state index in [9.17, 15) is 4.79 Å². The first-order valence-corrected chi connectivity index (χ1v) is 9.01. The van der Waals surface area contributed by atoms with E-state index < -0.39 is 0 Å². The van der Waals surface area contributed by atoms with Crippen LogP contribution < -0.4 is 20.1 Å². The molecular weight excluding hydrogens is 404 g/mol. The van der Waals surface area contributed by atoms with E-state index in [4.69, 9.17) is 21.7 Å².